The SMILES string of the molecule is CC(C)(C)CCc1cc(C=O)cc(CCC(C)(C)C)c1C=O. The van der Waals surface area contributed by atoms with Gasteiger partial charge in [-0.25, -0.2) is 0 Å². The van der Waals surface area contributed by atoms with Crippen LogP contribution in [-0.2, 0) is 12.8 Å². The van der Waals surface area contributed by atoms with Gasteiger partial charge in [-0.05, 0) is 59.8 Å². The first-order valence-electron chi connectivity index (χ1n) is 8.12. The minimum atomic E-state index is 0.211. The third kappa shape index (κ3) is 6.13. The molecular formula is C20H30O2. The molecule has 0 aliphatic rings. The van der Waals surface area contributed by atoms with E-state index < -0.39 is 0 Å². The molecule has 0 unspecified atom stereocenters. The van der Waals surface area contributed by atoms with Crippen molar-refractivity contribution in [3.8, 4) is 0 Å². The molecule has 2 nitrogen and oxygen atoms in total. The second-order valence-corrected chi connectivity index (χ2v) is 8.61. The van der Waals surface area contributed by atoms with E-state index in [0.717, 1.165) is 54.9 Å². The number of aryl methyl sites for hydroxylation is 2. The van der Waals surface area contributed by atoms with E-state index in [4.69, 9.17) is 0 Å². The van der Waals surface area contributed by atoms with Gasteiger partial charge in [0.25, 0.3) is 0 Å². The molecule has 1 aromatic rings. The molecule has 0 amide bonds. The van der Waals surface area contributed by atoms with E-state index in [2.05, 4.69) is 41.5 Å². The van der Waals surface area contributed by atoms with E-state index in [-0.39, 0.29) is 10.8 Å². The standard InChI is InChI=1S/C20H30O2/c1-19(2,3)9-7-16-11-15(13-21)12-17(18(16)14-22)8-10-20(4,5)6/h11-14H,7-10H2,1-6H3. The average Bonchev–Trinajstić information content (AvgIpc) is 2.40. The zero-order chi connectivity index (χ0) is 17.0. The van der Waals surface area contributed by atoms with Crippen molar-refractivity contribution in [1.82, 2.24) is 0 Å². The normalized spacial score (nSPS) is 12.3. The Morgan fingerprint density at radius 2 is 1.18 bits per heavy atom. The van der Waals surface area contributed by atoms with Crippen LogP contribution in [0.1, 0.15) is 86.2 Å². The van der Waals surface area contributed by atoms with Gasteiger partial charge in [-0.15, -0.1) is 0 Å². The van der Waals surface area contributed by atoms with Gasteiger partial charge in [-0.3, -0.25) is 9.59 Å². The Morgan fingerprint density at radius 1 is 0.773 bits per heavy atom. The fourth-order valence-electron chi connectivity index (χ4n) is 2.46. The van der Waals surface area contributed by atoms with E-state index in [0.29, 0.717) is 5.56 Å². The van der Waals surface area contributed by atoms with Gasteiger partial charge in [0.1, 0.15) is 6.29 Å². The highest BCUT2D eigenvalue weighted by atomic mass is 16.1. The molecule has 1 rings (SSSR count). The average molecular weight is 302 g/mol. The summed E-state index contributed by atoms with van der Waals surface area (Å²) in [4.78, 5) is 22.8. The van der Waals surface area contributed by atoms with Crippen molar-refractivity contribution in [2.45, 2.75) is 67.2 Å². The smallest absolute Gasteiger partial charge is 0.150 e. The molecule has 0 atom stereocenters. The van der Waals surface area contributed by atoms with Crippen molar-refractivity contribution in [3.05, 3.63) is 34.4 Å². The van der Waals surface area contributed by atoms with E-state index in [1.807, 2.05) is 12.1 Å². The van der Waals surface area contributed by atoms with Crippen molar-refractivity contribution in [2.24, 2.45) is 10.8 Å². The molecule has 0 aromatic heterocycles. The Labute approximate surface area is 135 Å². The zero-order valence-corrected chi connectivity index (χ0v) is 15.0. The van der Waals surface area contributed by atoms with E-state index >= 15 is 0 Å². The molecule has 22 heavy (non-hydrogen) atoms. The van der Waals surface area contributed by atoms with Gasteiger partial charge >= 0.3 is 0 Å². The molecular weight excluding hydrogens is 272 g/mol. The summed E-state index contributed by atoms with van der Waals surface area (Å²) >= 11 is 0. The number of carbonyl (C=O) groups is 2. The first-order valence-corrected chi connectivity index (χ1v) is 8.12. The Kier molecular flexibility index (Phi) is 6.10. The molecule has 0 heterocycles. The van der Waals surface area contributed by atoms with Crippen LogP contribution in [0.25, 0.3) is 0 Å². The number of hydrogen-bond donors (Lipinski definition) is 0. The van der Waals surface area contributed by atoms with Crippen molar-refractivity contribution >= 4 is 12.6 Å². The highest BCUT2D eigenvalue weighted by molar-refractivity contribution is 5.84. The first kappa shape index (κ1) is 18.6. The molecule has 0 saturated carbocycles. The largest absolute Gasteiger partial charge is 0.298 e. The summed E-state index contributed by atoms with van der Waals surface area (Å²) in [7, 11) is 0. The third-order valence-corrected chi connectivity index (χ3v) is 3.92. The maximum atomic E-state index is 11.6. The second-order valence-electron chi connectivity index (χ2n) is 8.61. The van der Waals surface area contributed by atoms with Crippen LogP contribution in [0.4, 0.5) is 0 Å². The quantitative estimate of drug-likeness (QED) is 0.671. The van der Waals surface area contributed by atoms with Gasteiger partial charge < -0.3 is 0 Å². The van der Waals surface area contributed by atoms with Gasteiger partial charge in [0, 0.05) is 11.1 Å². The van der Waals surface area contributed by atoms with E-state index in [1.54, 1.807) is 0 Å². The zero-order valence-electron chi connectivity index (χ0n) is 15.0. The van der Waals surface area contributed by atoms with Crippen molar-refractivity contribution in [3.63, 3.8) is 0 Å². The van der Waals surface area contributed by atoms with Crippen LogP contribution in [0.3, 0.4) is 0 Å². The molecule has 0 fully saturated rings. The predicted molar refractivity (Wildman–Crippen MR) is 92.8 cm³/mol. The molecule has 0 saturated heterocycles. The molecule has 0 radical (unpaired) electrons. The summed E-state index contributed by atoms with van der Waals surface area (Å²) in [5, 5.41) is 0. The van der Waals surface area contributed by atoms with Crippen LogP contribution in [0, 0.1) is 10.8 Å². The maximum Gasteiger partial charge on any atom is 0.150 e. The minimum absolute atomic E-state index is 0.211. The Morgan fingerprint density at radius 3 is 1.45 bits per heavy atom. The topological polar surface area (TPSA) is 34.1 Å². The maximum absolute atomic E-state index is 11.6. The summed E-state index contributed by atoms with van der Waals surface area (Å²) in [5.74, 6) is 0. The first-order chi connectivity index (χ1) is 10.1. The summed E-state index contributed by atoms with van der Waals surface area (Å²) in [6.45, 7) is 13.2. The van der Waals surface area contributed by atoms with Crippen molar-refractivity contribution in [2.75, 3.05) is 0 Å². The monoisotopic (exact) mass is 302 g/mol. The summed E-state index contributed by atoms with van der Waals surface area (Å²) < 4.78 is 0. The fourth-order valence-corrected chi connectivity index (χ4v) is 2.46. The Balaban J connectivity index is 3.14. The lowest BCUT2D eigenvalue weighted by Gasteiger charge is -2.21. The number of hydrogen-bond acceptors (Lipinski definition) is 2. The summed E-state index contributed by atoms with van der Waals surface area (Å²) in [5.41, 5.74) is 3.92. The lowest BCUT2D eigenvalue weighted by molar-refractivity contribution is 0.111. The number of carbonyl (C=O) groups excluding carboxylic acids is 2. The Bertz CT molecular complexity index is 489. The second kappa shape index (κ2) is 7.21. The van der Waals surface area contributed by atoms with Crippen LogP contribution in [0.15, 0.2) is 12.1 Å². The molecule has 0 N–H and O–H groups in total. The van der Waals surface area contributed by atoms with Crippen LogP contribution >= 0.6 is 0 Å². The van der Waals surface area contributed by atoms with Crippen molar-refractivity contribution in [1.29, 1.82) is 0 Å². The molecule has 1 aromatic carbocycles. The molecule has 0 bridgehead atoms. The lowest BCUT2D eigenvalue weighted by atomic mass is 9.84. The predicted octanol–water partition coefficient (Wildman–Crippen LogP) is 5.27. The van der Waals surface area contributed by atoms with Crippen LogP contribution in [0.5, 0.6) is 0 Å². The molecule has 0 aliphatic carbocycles. The summed E-state index contributed by atoms with van der Waals surface area (Å²) in [6.07, 6.45) is 5.51. The van der Waals surface area contributed by atoms with Crippen molar-refractivity contribution < 1.29 is 9.59 Å². The summed E-state index contributed by atoms with van der Waals surface area (Å²) in [6, 6.07) is 3.76. The van der Waals surface area contributed by atoms with Gasteiger partial charge in [0.15, 0.2) is 6.29 Å². The highest BCUT2D eigenvalue weighted by Crippen LogP contribution is 2.27. The van der Waals surface area contributed by atoms with Crippen LogP contribution in [0.2, 0.25) is 0 Å². The Hall–Kier alpha value is -1.44. The van der Waals surface area contributed by atoms with Crippen LogP contribution < -0.4 is 0 Å². The number of rotatable bonds is 6. The number of benzene rings is 1. The van der Waals surface area contributed by atoms with Crippen LogP contribution in [-0.4, -0.2) is 12.6 Å². The van der Waals surface area contributed by atoms with E-state index in [1.165, 1.54) is 0 Å². The molecule has 122 valence electrons. The molecule has 0 aliphatic heterocycles. The van der Waals surface area contributed by atoms with Gasteiger partial charge in [-0.1, -0.05) is 41.5 Å². The molecule has 2 heteroatoms. The fraction of sp³-hybridized carbons (Fsp3) is 0.600. The van der Waals surface area contributed by atoms with Gasteiger partial charge in [0.2, 0.25) is 0 Å². The molecule has 0 spiro atoms. The van der Waals surface area contributed by atoms with Gasteiger partial charge in [0.05, 0.1) is 0 Å². The highest BCUT2D eigenvalue weighted by Gasteiger charge is 2.17. The van der Waals surface area contributed by atoms with Gasteiger partial charge in [-0.2, -0.15) is 0 Å². The van der Waals surface area contributed by atoms with E-state index in [9.17, 15) is 9.59 Å². The minimum Gasteiger partial charge on any atom is -0.298 e. The number of aldehydes is 2. The third-order valence-electron chi connectivity index (χ3n) is 3.92. The lowest BCUT2D eigenvalue weighted by Crippen LogP contribution is -2.11.